The van der Waals surface area contributed by atoms with E-state index in [1.807, 2.05) is 0 Å². The van der Waals surface area contributed by atoms with E-state index < -0.39 is 162 Å². The van der Waals surface area contributed by atoms with Crippen molar-refractivity contribution >= 4 is 31.7 Å². The minimum absolute atomic E-state index is 0.0168. The zero-order chi connectivity index (χ0) is 85.7. The molecule has 0 spiro atoms. The Balaban J connectivity index is 1.92. The number of unbranched alkanes of at least 4 members (excludes halogenated alkanes) is 44. The van der Waals surface area contributed by atoms with Gasteiger partial charge in [-0.2, -0.15) is 0 Å². The van der Waals surface area contributed by atoms with Crippen molar-refractivity contribution in [2.75, 3.05) is 26.4 Å². The summed E-state index contributed by atoms with van der Waals surface area (Å²) in [4.78, 5) is 66.5. The second-order valence-corrected chi connectivity index (χ2v) is 36.2. The molecule has 2 heterocycles. The van der Waals surface area contributed by atoms with Gasteiger partial charge in [0.2, 0.25) is 0 Å². The third kappa shape index (κ3) is 49.7. The van der Waals surface area contributed by atoms with E-state index in [-0.39, 0.29) is 25.7 Å². The summed E-state index contributed by atoms with van der Waals surface area (Å²) in [5.41, 5.74) is 0. The number of carbonyl (C=O) groups excluding carboxylic acids is 4. The van der Waals surface area contributed by atoms with Crippen LogP contribution in [0.1, 0.15) is 414 Å². The van der Waals surface area contributed by atoms with Crippen molar-refractivity contribution in [3.8, 4) is 0 Å². The second kappa shape index (κ2) is 68.8. The first-order valence-corrected chi connectivity index (χ1v) is 49.0. The largest absolute Gasteiger partial charge is 0.472 e. The van der Waals surface area contributed by atoms with Crippen molar-refractivity contribution in [1.82, 2.24) is 0 Å². The normalized spacial score (nSPS) is 25.5. The van der Waals surface area contributed by atoms with Gasteiger partial charge in [0.25, 0.3) is 0 Å². The van der Waals surface area contributed by atoms with E-state index in [2.05, 4.69) is 41.5 Å². The van der Waals surface area contributed by atoms with E-state index >= 15 is 0 Å². The third-order valence-corrected chi connectivity index (χ3v) is 24.9. The van der Waals surface area contributed by atoms with Crippen LogP contribution in [0.25, 0.3) is 0 Å². The van der Waals surface area contributed by atoms with Crippen molar-refractivity contribution in [3.63, 3.8) is 0 Å². The van der Waals surface area contributed by atoms with Gasteiger partial charge in [-0.15, -0.1) is 0 Å². The maximum absolute atomic E-state index is 14.9. The molecule has 2 aliphatic heterocycles. The number of phosphoric ester groups is 1. The van der Waals surface area contributed by atoms with Gasteiger partial charge in [0.1, 0.15) is 92.6 Å². The average Bonchev–Trinajstić information content (AvgIpc) is 0.758. The number of aliphatic hydroxyl groups is 9. The molecule has 0 aromatic heterocycles. The maximum atomic E-state index is 14.9. The van der Waals surface area contributed by atoms with Gasteiger partial charge in [-0.3, -0.25) is 28.2 Å². The number of aliphatic hydroxyl groups excluding tert-OH is 9. The van der Waals surface area contributed by atoms with Crippen LogP contribution in [-0.4, -0.2) is 205 Å². The lowest BCUT2D eigenvalue weighted by atomic mass is 9.84. The number of hydrogen-bond acceptors (Lipinski definition) is 24. The molecule has 3 aliphatic rings. The van der Waals surface area contributed by atoms with Crippen molar-refractivity contribution in [3.05, 3.63) is 0 Å². The molecule has 10 N–H and O–H groups in total. The molecule has 1 saturated carbocycles. The van der Waals surface area contributed by atoms with Gasteiger partial charge in [-0.1, -0.05) is 363 Å². The lowest BCUT2D eigenvalue weighted by Gasteiger charge is -2.50. The molecule has 0 aromatic carbocycles. The number of ether oxygens (including phenoxy) is 8. The summed E-state index contributed by atoms with van der Waals surface area (Å²) in [6.45, 7) is 10.3. The van der Waals surface area contributed by atoms with E-state index in [4.69, 9.17) is 46.9 Å². The van der Waals surface area contributed by atoms with E-state index in [9.17, 15) is 74.6 Å². The van der Waals surface area contributed by atoms with Gasteiger partial charge in [-0.25, -0.2) is 4.57 Å². The molecule has 3 fully saturated rings. The molecule has 0 amide bonds. The monoisotopic (exact) mass is 1700 g/mol. The van der Waals surface area contributed by atoms with Gasteiger partial charge in [0, 0.05) is 25.7 Å². The Labute approximate surface area is 706 Å². The van der Waals surface area contributed by atoms with Crippen molar-refractivity contribution in [2.45, 2.75) is 518 Å². The summed E-state index contributed by atoms with van der Waals surface area (Å²) in [5.74, 6) is -1.59. The molecule has 0 radical (unpaired) electrons. The van der Waals surface area contributed by atoms with Crippen LogP contribution in [-0.2, 0) is 70.7 Å². The average molecular weight is 1700 g/mol. The van der Waals surface area contributed by atoms with Gasteiger partial charge < -0.3 is 88.7 Å². The van der Waals surface area contributed by atoms with Crippen LogP contribution in [0.2, 0.25) is 0 Å². The summed E-state index contributed by atoms with van der Waals surface area (Å²) in [6.07, 6.45) is 22.5. The van der Waals surface area contributed by atoms with Crippen molar-refractivity contribution < 1.29 is 122 Å². The Morgan fingerprint density at radius 2 is 0.641 bits per heavy atom. The molecule has 20 atom stereocenters. The lowest BCUT2D eigenvalue weighted by molar-refractivity contribution is -0.360. The number of esters is 4. The molecule has 0 bridgehead atoms. The van der Waals surface area contributed by atoms with Crippen LogP contribution in [0.4, 0.5) is 0 Å². The number of rotatable bonds is 76. The topological polar surface area (TPSA) is 380 Å². The third-order valence-electron chi connectivity index (χ3n) is 23.9. The maximum Gasteiger partial charge on any atom is 0.472 e. The fourth-order valence-electron chi connectivity index (χ4n) is 16.2. The smallest absolute Gasteiger partial charge is 0.463 e. The minimum atomic E-state index is -5.80. The zero-order valence-electron chi connectivity index (χ0n) is 73.9. The van der Waals surface area contributed by atoms with E-state index in [1.54, 1.807) is 0 Å². The first-order valence-electron chi connectivity index (χ1n) is 47.6. The Hall–Kier alpha value is -2.53. The zero-order valence-corrected chi connectivity index (χ0v) is 74.7. The second-order valence-electron chi connectivity index (χ2n) is 34.8. The van der Waals surface area contributed by atoms with Crippen molar-refractivity contribution in [2.24, 2.45) is 11.8 Å². The van der Waals surface area contributed by atoms with Crippen LogP contribution in [0.3, 0.4) is 0 Å². The molecule has 2 saturated heterocycles. The Morgan fingerprint density at radius 1 is 0.333 bits per heavy atom. The molecule has 1 aliphatic carbocycles. The number of phosphoric acid groups is 1. The highest BCUT2D eigenvalue weighted by Gasteiger charge is 2.60. The van der Waals surface area contributed by atoms with Gasteiger partial charge >= 0.3 is 31.7 Å². The summed E-state index contributed by atoms with van der Waals surface area (Å²) in [6, 6.07) is 0. The van der Waals surface area contributed by atoms with Crippen LogP contribution in [0.5, 0.6) is 0 Å². The summed E-state index contributed by atoms with van der Waals surface area (Å²) >= 11 is 0. The van der Waals surface area contributed by atoms with E-state index in [1.165, 1.54) is 186 Å². The summed E-state index contributed by atoms with van der Waals surface area (Å²) < 4.78 is 73.5. The predicted molar refractivity (Wildman–Crippen MR) is 453 cm³/mol. The Kier molecular flexibility index (Phi) is 63.9. The molecule has 690 valence electrons. The van der Waals surface area contributed by atoms with Crippen LogP contribution in [0.15, 0.2) is 0 Å². The SMILES string of the molecule is CCCCCCCCCCCCCCCC(=O)OCC(COP(=O)(O)OC1C(OC2OC(CO)C(O)C(O)C2O)C(O)C(O)C(OC(=O)CCCCCCCCCCCCCCC)C1OC1OC(COC(=O)CCCCCCCCC(C)CCCCCCCC)C(O)C(O)C1O)OC(=O)CCCCCCCCC(C)CCCCCCCC. The molecule has 117 heavy (non-hydrogen) atoms. The molecule has 26 heteroatoms. The molecule has 20 unspecified atom stereocenters. The fourth-order valence-corrected chi connectivity index (χ4v) is 17.1. The molecular weight excluding hydrogens is 1520 g/mol. The van der Waals surface area contributed by atoms with Crippen LogP contribution in [0, 0.1) is 11.8 Å². The van der Waals surface area contributed by atoms with Crippen molar-refractivity contribution in [1.29, 1.82) is 0 Å². The standard InChI is InChI=1S/C91H171O25P/c1-7-11-15-19-23-25-27-29-31-33-35-45-53-61-74(93)107-66-71(110-76(95)63-55-48-40-38-44-52-60-70(6)58-50-42-22-18-14-10-4)67-109-117(105,106)116-89-87(114-90-84(103)80(99)78(97)72(65-92)111-90)83(102)82(101)86(113-77(96)64-56-47-36-34-32-30-28-26-24-20-16-12-8-2)88(89)115-91-85(104)81(100)79(98)73(112-91)68-108-75(94)62-54-46-39-37-43-51-59-69(5)57-49-41-21-17-13-9-3/h69-73,78-92,97-104H,7-68H2,1-6H3,(H,105,106). The number of carbonyl (C=O) groups is 4. The quantitative estimate of drug-likeness (QED) is 0.0117. The first-order chi connectivity index (χ1) is 56.5. The number of hydrogen-bond donors (Lipinski definition) is 10. The van der Waals surface area contributed by atoms with Crippen LogP contribution < -0.4 is 0 Å². The summed E-state index contributed by atoms with van der Waals surface area (Å²) in [5, 5.41) is 102. The first kappa shape index (κ1) is 109. The molecular formula is C91H171O25P. The van der Waals surface area contributed by atoms with Gasteiger partial charge in [0.15, 0.2) is 24.8 Å². The predicted octanol–water partition coefficient (Wildman–Crippen LogP) is 17.5. The fraction of sp³-hybridized carbons (Fsp3) is 0.956. The Morgan fingerprint density at radius 3 is 1.02 bits per heavy atom. The highest BCUT2D eigenvalue weighted by Crippen LogP contribution is 2.49. The van der Waals surface area contributed by atoms with E-state index in [0.717, 1.165) is 128 Å². The van der Waals surface area contributed by atoms with Crippen LogP contribution >= 0.6 is 7.82 Å². The van der Waals surface area contributed by atoms with E-state index in [0.29, 0.717) is 43.9 Å². The molecule has 0 aromatic rings. The van der Waals surface area contributed by atoms with Gasteiger partial charge in [-0.05, 0) is 37.5 Å². The molecule has 3 rings (SSSR count). The minimum Gasteiger partial charge on any atom is -0.463 e. The summed E-state index contributed by atoms with van der Waals surface area (Å²) in [7, 11) is -5.80. The Bertz CT molecular complexity index is 2470. The highest BCUT2D eigenvalue weighted by atomic mass is 31.2. The highest BCUT2D eigenvalue weighted by molar-refractivity contribution is 7.47. The van der Waals surface area contributed by atoms with Gasteiger partial charge in [0.05, 0.1) is 13.2 Å². The lowest BCUT2D eigenvalue weighted by Crippen LogP contribution is -2.70. The molecule has 25 nitrogen and oxygen atoms in total.